The summed E-state index contributed by atoms with van der Waals surface area (Å²) >= 11 is 0. The first kappa shape index (κ1) is 20.5. The molecule has 0 bridgehead atoms. The molecule has 0 spiro atoms. The van der Waals surface area contributed by atoms with Crippen LogP contribution >= 0.6 is 0 Å². The van der Waals surface area contributed by atoms with Gasteiger partial charge in [-0.2, -0.15) is 0 Å². The van der Waals surface area contributed by atoms with Gasteiger partial charge in [-0.15, -0.1) is 0 Å². The molecule has 28 heavy (non-hydrogen) atoms. The molecule has 150 valence electrons. The van der Waals surface area contributed by atoms with Crippen LogP contribution in [0.5, 0.6) is 0 Å². The number of rotatable bonds is 7. The Morgan fingerprint density at radius 2 is 1.96 bits per heavy atom. The number of hydrogen-bond donors (Lipinski definition) is 0. The summed E-state index contributed by atoms with van der Waals surface area (Å²) in [7, 11) is 0. The number of benzene rings is 1. The Labute approximate surface area is 169 Å². The van der Waals surface area contributed by atoms with E-state index in [9.17, 15) is 4.79 Å². The lowest BCUT2D eigenvalue weighted by Gasteiger charge is -2.33. The van der Waals surface area contributed by atoms with Gasteiger partial charge in [-0.1, -0.05) is 35.9 Å². The number of likely N-dealkylation sites (N-methyl/N-ethyl adjacent to an activating group) is 1. The highest BCUT2D eigenvalue weighted by atomic mass is 16.2. The minimum absolute atomic E-state index is 0.242. The summed E-state index contributed by atoms with van der Waals surface area (Å²) in [6.45, 7) is 10.3. The molecule has 0 N–H and O–H groups in total. The van der Waals surface area contributed by atoms with Gasteiger partial charge in [0.1, 0.15) is 0 Å². The molecule has 2 aromatic rings. The number of likely N-dealkylation sites (tertiary alicyclic amines) is 1. The van der Waals surface area contributed by atoms with Crippen molar-refractivity contribution in [3.63, 3.8) is 0 Å². The van der Waals surface area contributed by atoms with Crippen LogP contribution in [0.25, 0.3) is 0 Å². The van der Waals surface area contributed by atoms with E-state index < -0.39 is 0 Å². The second kappa shape index (κ2) is 9.83. The van der Waals surface area contributed by atoms with Crippen LogP contribution < -0.4 is 0 Å². The van der Waals surface area contributed by atoms with Crippen LogP contribution in [0.1, 0.15) is 55.1 Å². The number of piperidine rings is 1. The topological polar surface area (TPSA) is 36.4 Å². The standard InChI is InChI=1S/C24H33N3O/c1-4-27(5-2)24(28)18-26-14-8-11-21(17-26)23-13-7-12-22(25-23)16-20-10-6-9-19(3)15-20/h6-7,9-10,12-13,15,21H,4-5,8,11,14,16-18H2,1-3H3/t21-/m1/s1. The van der Waals surface area contributed by atoms with E-state index in [2.05, 4.69) is 54.3 Å². The molecule has 1 aliphatic rings. The van der Waals surface area contributed by atoms with Gasteiger partial charge in [0.15, 0.2) is 0 Å². The normalized spacial score (nSPS) is 17.5. The fourth-order valence-electron chi connectivity index (χ4n) is 4.16. The lowest BCUT2D eigenvalue weighted by atomic mass is 9.93. The second-order valence-electron chi connectivity index (χ2n) is 7.86. The summed E-state index contributed by atoms with van der Waals surface area (Å²) in [5.74, 6) is 0.655. The first-order valence-corrected chi connectivity index (χ1v) is 10.6. The molecule has 2 heterocycles. The van der Waals surface area contributed by atoms with E-state index >= 15 is 0 Å². The van der Waals surface area contributed by atoms with Crippen LogP contribution in [0, 0.1) is 6.92 Å². The van der Waals surface area contributed by atoms with Crippen molar-refractivity contribution in [2.75, 3.05) is 32.7 Å². The third kappa shape index (κ3) is 5.41. The SMILES string of the molecule is CCN(CC)C(=O)CN1CCC[C@@H](c2cccc(Cc3cccc(C)c3)n2)C1. The number of aryl methyl sites for hydroxylation is 1. The smallest absolute Gasteiger partial charge is 0.236 e. The van der Waals surface area contributed by atoms with Crippen molar-refractivity contribution in [3.05, 3.63) is 65.0 Å². The number of pyridine rings is 1. The van der Waals surface area contributed by atoms with Gasteiger partial charge in [-0.05, 0) is 57.9 Å². The summed E-state index contributed by atoms with van der Waals surface area (Å²) < 4.78 is 0. The molecule has 0 radical (unpaired) electrons. The zero-order valence-corrected chi connectivity index (χ0v) is 17.5. The highest BCUT2D eigenvalue weighted by Gasteiger charge is 2.25. The molecule has 3 rings (SSSR count). The predicted molar refractivity (Wildman–Crippen MR) is 115 cm³/mol. The van der Waals surface area contributed by atoms with Crippen LogP contribution in [-0.2, 0) is 11.2 Å². The number of hydrogen-bond acceptors (Lipinski definition) is 3. The fraction of sp³-hybridized carbons (Fsp3) is 0.500. The van der Waals surface area contributed by atoms with Gasteiger partial charge in [-0.25, -0.2) is 0 Å². The molecule has 0 aliphatic carbocycles. The Kier molecular flexibility index (Phi) is 7.21. The summed E-state index contributed by atoms with van der Waals surface area (Å²) in [5, 5.41) is 0. The van der Waals surface area contributed by atoms with E-state index in [4.69, 9.17) is 4.98 Å². The number of nitrogens with zero attached hydrogens (tertiary/aromatic N) is 3. The van der Waals surface area contributed by atoms with Crippen LogP contribution in [0.3, 0.4) is 0 Å². The molecule has 1 aromatic carbocycles. The van der Waals surface area contributed by atoms with Gasteiger partial charge in [0.25, 0.3) is 0 Å². The molecule has 1 aromatic heterocycles. The van der Waals surface area contributed by atoms with Crippen molar-refractivity contribution >= 4 is 5.91 Å². The maximum Gasteiger partial charge on any atom is 0.236 e. The Bertz CT molecular complexity index is 785. The van der Waals surface area contributed by atoms with E-state index in [1.165, 1.54) is 16.8 Å². The van der Waals surface area contributed by atoms with E-state index in [0.717, 1.165) is 51.1 Å². The summed E-state index contributed by atoms with van der Waals surface area (Å²) in [6.07, 6.45) is 3.14. The third-order valence-corrected chi connectivity index (χ3v) is 5.69. The van der Waals surface area contributed by atoms with Gasteiger partial charge in [0, 0.05) is 43.4 Å². The minimum atomic E-state index is 0.242. The number of carbonyl (C=O) groups excluding carboxylic acids is 1. The number of carbonyl (C=O) groups is 1. The Morgan fingerprint density at radius 3 is 2.71 bits per heavy atom. The third-order valence-electron chi connectivity index (χ3n) is 5.69. The van der Waals surface area contributed by atoms with Crippen molar-refractivity contribution in [1.82, 2.24) is 14.8 Å². The van der Waals surface area contributed by atoms with Gasteiger partial charge in [0.2, 0.25) is 5.91 Å². The van der Waals surface area contributed by atoms with E-state index in [1.54, 1.807) is 0 Å². The maximum atomic E-state index is 12.5. The van der Waals surface area contributed by atoms with Gasteiger partial charge >= 0.3 is 0 Å². The van der Waals surface area contributed by atoms with Crippen LogP contribution in [0.2, 0.25) is 0 Å². The number of amides is 1. The molecule has 0 unspecified atom stereocenters. The molecule has 4 heteroatoms. The molecule has 4 nitrogen and oxygen atoms in total. The summed E-state index contributed by atoms with van der Waals surface area (Å²) in [5.41, 5.74) is 4.89. The quantitative estimate of drug-likeness (QED) is 0.729. The molecule has 1 amide bonds. The first-order chi connectivity index (χ1) is 13.6. The Balaban J connectivity index is 1.65. The van der Waals surface area contributed by atoms with Crippen LogP contribution in [-0.4, -0.2) is 53.4 Å². The van der Waals surface area contributed by atoms with Crippen molar-refractivity contribution in [1.29, 1.82) is 0 Å². The molecular formula is C24H33N3O. The molecule has 1 atom stereocenters. The van der Waals surface area contributed by atoms with Crippen molar-refractivity contribution in [2.24, 2.45) is 0 Å². The lowest BCUT2D eigenvalue weighted by molar-refractivity contribution is -0.132. The van der Waals surface area contributed by atoms with E-state index in [-0.39, 0.29) is 5.91 Å². The molecule has 1 fully saturated rings. The van der Waals surface area contributed by atoms with Gasteiger partial charge in [0.05, 0.1) is 6.54 Å². The molecule has 1 aliphatic heterocycles. The summed E-state index contributed by atoms with van der Waals surface area (Å²) in [6, 6.07) is 15.0. The average Bonchev–Trinajstić information content (AvgIpc) is 2.69. The summed E-state index contributed by atoms with van der Waals surface area (Å²) in [4.78, 5) is 21.7. The predicted octanol–water partition coefficient (Wildman–Crippen LogP) is 4.03. The Hall–Kier alpha value is -2.20. The highest BCUT2D eigenvalue weighted by Crippen LogP contribution is 2.26. The maximum absolute atomic E-state index is 12.5. The minimum Gasteiger partial charge on any atom is -0.342 e. The lowest BCUT2D eigenvalue weighted by Crippen LogP contribution is -2.43. The van der Waals surface area contributed by atoms with Gasteiger partial charge < -0.3 is 4.90 Å². The average molecular weight is 380 g/mol. The zero-order chi connectivity index (χ0) is 19.9. The van der Waals surface area contributed by atoms with Crippen LogP contribution in [0.15, 0.2) is 42.5 Å². The number of aromatic nitrogens is 1. The van der Waals surface area contributed by atoms with Crippen molar-refractivity contribution in [2.45, 2.75) is 46.0 Å². The molecule has 0 saturated carbocycles. The van der Waals surface area contributed by atoms with Crippen molar-refractivity contribution in [3.8, 4) is 0 Å². The van der Waals surface area contributed by atoms with Crippen molar-refractivity contribution < 1.29 is 4.79 Å². The monoisotopic (exact) mass is 379 g/mol. The van der Waals surface area contributed by atoms with E-state index in [1.807, 2.05) is 18.7 Å². The van der Waals surface area contributed by atoms with E-state index in [0.29, 0.717) is 12.5 Å². The highest BCUT2D eigenvalue weighted by molar-refractivity contribution is 5.78. The largest absolute Gasteiger partial charge is 0.342 e. The zero-order valence-electron chi connectivity index (χ0n) is 17.5. The fourth-order valence-corrected chi connectivity index (χ4v) is 4.16. The van der Waals surface area contributed by atoms with Crippen LogP contribution in [0.4, 0.5) is 0 Å². The second-order valence-corrected chi connectivity index (χ2v) is 7.86. The first-order valence-electron chi connectivity index (χ1n) is 10.6. The molecule has 1 saturated heterocycles. The molecular weight excluding hydrogens is 346 g/mol. The Morgan fingerprint density at radius 1 is 1.18 bits per heavy atom. The van der Waals surface area contributed by atoms with Gasteiger partial charge in [-0.3, -0.25) is 14.7 Å².